The van der Waals surface area contributed by atoms with Crippen LogP contribution in [0.5, 0.6) is 5.75 Å². The first-order valence-corrected chi connectivity index (χ1v) is 4.55. The Morgan fingerprint density at radius 3 is 2.62 bits per heavy atom. The van der Waals surface area contributed by atoms with E-state index in [1.165, 1.54) is 27.5 Å². The molecule has 0 heterocycles. The van der Waals surface area contributed by atoms with Crippen LogP contribution >= 0.6 is 0 Å². The number of carbonyl (C=O) groups excluding carboxylic acids is 1. The third-order valence-electron chi connectivity index (χ3n) is 1.94. The van der Waals surface area contributed by atoms with Crippen molar-refractivity contribution in [2.75, 3.05) is 21.3 Å². The van der Waals surface area contributed by atoms with Gasteiger partial charge in [0.2, 0.25) is 0 Å². The lowest BCUT2D eigenvalue weighted by molar-refractivity contribution is 0.0597. The fourth-order valence-corrected chi connectivity index (χ4v) is 1.19. The van der Waals surface area contributed by atoms with E-state index in [0.29, 0.717) is 11.3 Å². The minimum atomic E-state index is -0.454. The molecule has 0 aliphatic rings. The highest BCUT2D eigenvalue weighted by Crippen LogP contribution is 2.20. The van der Waals surface area contributed by atoms with Crippen molar-refractivity contribution in [3.8, 4) is 5.75 Å². The van der Waals surface area contributed by atoms with Crippen LogP contribution in [0, 0.1) is 0 Å². The largest absolute Gasteiger partial charge is 0.496 e. The van der Waals surface area contributed by atoms with Gasteiger partial charge < -0.3 is 14.3 Å². The van der Waals surface area contributed by atoms with Gasteiger partial charge in [0.1, 0.15) is 18.4 Å². The predicted molar refractivity (Wildman–Crippen MR) is 58.9 cm³/mol. The minimum absolute atomic E-state index is 0.352. The Labute approximate surface area is 93.6 Å². The van der Waals surface area contributed by atoms with Gasteiger partial charge in [0, 0.05) is 0 Å². The smallest absolute Gasteiger partial charge is 0.341 e. The van der Waals surface area contributed by atoms with Gasteiger partial charge in [-0.15, -0.1) is 0 Å². The molecule has 5 nitrogen and oxygen atoms in total. The molecule has 0 saturated heterocycles. The molecule has 1 rings (SSSR count). The molecular weight excluding hydrogens is 210 g/mol. The summed E-state index contributed by atoms with van der Waals surface area (Å²) in [5.74, 6) is 0.00549. The predicted octanol–water partition coefficient (Wildman–Crippen LogP) is 1.46. The van der Waals surface area contributed by atoms with E-state index >= 15 is 0 Å². The number of ether oxygens (including phenoxy) is 2. The van der Waals surface area contributed by atoms with E-state index in [1.54, 1.807) is 18.2 Å². The van der Waals surface area contributed by atoms with Crippen LogP contribution in [0.2, 0.25) is 0 Å². The van der Waals surface area contributed by atoms with Gasteiger partial charge in [0.15, 0.2) is 0 Å². The molecule has 0 aromatic heterocycles. The molecule has 0 fully saturated rings. The summed E-state index contributed by atoms with van der Waals surface area (Å²) >= 11 is 0. The molecule has 0 saturated carbocycles. The van der Waals surface area contributed by atoms with E-state index in [1.807, 2.05) is 0 Å². The average molecular weight is 223 g/mol. The molecule has 16 heavy (non-hydrogen) atoms. The van der Waals surface area contributed by atoms with Crippen molar-refractivity contribution in [1.29, 1.82) is 0 Å². The van der Waals surface area contributed by atoms with Crippen molar-refractivity contribution in [1.82, 2.24) is 0 Å². The maximum Gasteiger partial charge on any atom is 0.341 e. The third kappa shape index (κ3) is 2.73. The molecule has 0 bridgehead atoms. The third-order valence-corrected chi connectivity index (χ3v) is 1.94. The first kappa shape index (κ1) is 12.0. The number of benzene rings is 1. The van der Waals surface area contributed by atoms with Crippen LogP contribution in [0.4, 0.5) is 0 Å². The normalized spacial score (nSPS) is 10.2. The quantitative estimate of drug-likeness (QED) is 0.440. The van der Waals surface area contributed by atoms with Crippen molar-refractivity contribution in [2.24, 2.45) is 5.16 Å². The Morgan fingerprint density at radius 2 is 2.06 bits per heavy atom. The van der Waals surface area contributed by atoms with E-state index < -0.39 is 5.97 Å². The molecule has 0 aliphatic carbocycles. The van der Waals surface area contributed by atoms with Gasteiger partial charge in [-0.25, -0.2) is 4.79 Å². The Kier molecular flexibility index (Phi) is 4.32. The molecule has 0 atom stereocenters. The summed E-state index contributed by atoms with van der Waals surface area (Å²) < 4.78 is 9.69. The number of esters is 1. The lowest BCUT2D eigenvalue weighted by Gasteiger charge is -2.06. The maximum atomic E-state index is 11.4. The SMILES string of the molecule is CO/N=C/c1ccc(OC)c(C(=O)OC)c1. The highest BCUT2D eigenvalue weighted by molar-refractivity contribution is 5.95. The first-order chi connectivity index (χ1) is 7.72. The lowest BCUT2D eigenvalue weighted by Crippen LogP contribution is -2.04. The van der Waals surface area contributed by atoms with Crippen LogP contribution in [0.3, 0.4) is 0 Å². The Balaban J connectivity index is 3.10. The number of nitrogens with zero attached hydrogens (tertiary/aromatic N) is 1. The van der Waals surface area contributed by atoms with Crippen molar-refractivity contribution in [3.05, 3.63) is 29.3 Å². The summed E-state index contributed by atoms with van der Waals surface area (Å²) in [7, 11) is 4.25. The number of oxime groups is 1. The Bertz CT molecular complexity index is 401. The molecule has 1 aromatic carbocycles. The van der Waals surface area contributed by atoms with Gasteiger partial charge in [-0.2, -0.15) is 0 Å². The van der Waals surface area contributed by atoms with Gasteiger partial charge in [0.25, 0.3) is 0 Å². The summed E-state index contributed by atoms with van der Waals surface area (Å²) in [5, 5.41) is 3.61. The Morgan fingerprint density at radius 1 is 1.31 bits per heavy atom. The molecule has 0 radical (unpaired) electrons. The molecule has 1 aromatic rings. The molecular formula is C11H13NO4. The topological polar surface area (TPSA) is 57.1 Å². The van der Waals surface area contributed by atoms with E-state index in [9.17, 15) is 4.79 Å². The van der Waals surface area contributed by atoms with Crippen molar-refractivity contribution in [2.45, 2.75) is 0 Å². The van der Waals surface area contributed by atoms with Crippen LogP contribution in [0.25, 0.3) is 0 Å². The molecule has 0 aliphatic heterocycles. The van der Waals surface area contributed by atoms with Crippen LogP contribution < -0.4 is 4.74 Å². The van der Waals surface area contributed by atoms with Crippen LogP contribution in [0.1, 0.15) is 15.9 Å². The second-order valence-electron chi connectivity index (χ2n) is 2.87. The molecule has 0 unspecified atom stereocenters. The molecule has 86 valence electrons. The lowest BCUT2D eigenvalue weighted by atomic mass is 10.1. The van der Waals surface area contributed by atoms with Crippen molar-refractivity contribution >= 4 is 12.2 Å². The fraction of sp³-hybridized carbons (Fsp3) is 0.273. The second-order valence-corrected chi connectivity index (χ2v) is 2.87. The average Bonchev–Trinajstić information content (AvgIpc) is 2.35. The van der Waals surface area contributed by atoms with Gasteiger partial charge in [-0.1, -0.05) is 5.16 Å². The van der Waals surface area contributed by atoms with Crippen LogP contribution in [-0.4, -0.2) is 33.5 Å². The van der Waals surface area contributed by atoms with E-state index in [-0.39, 0.29) is 0 Å². The zero-order valence-electron chi connectivity index (χ0n) is 9.39. The van der Waals surface area contributed by atoms with Gasteiger partial charge in [-0.3, -0.25) is 0 Å². The van der Waals surface area contributed by atoms with E-state index in [0.717, 1.165) is 5.56 Å². The van der Waals surface area contributed by atoms with Crippen molar-refractivity contribution < 1.29 is 19.1 Å². The summed E-state index contributed by atoms with van der Waals surface area (Å²) in [5.41, 5.74) is 1.08. The standard InChI is InChI=1S/C11H13NO4/c1-14-10-5-4-8(7-12-16-3)6-9(10)11(13)15-2/h4-7H,1-3H3/b12-7+. The minimum Gasteiger partial charge on any atom is -0.496 e. The molecule has 0 spiro atoms. The van der Waals surface area contributed by atoms with Gasteiger partial charge in [-0.05, 0) is 23.8 Å². The van der Waals surface area contributed by atoms with Gasteiger partial charge in [0.05, 0.1) is 20.4 Å². The van der Waals surface area contributed by atoms with E-state index in [2.05, 4.69) is 14.7 Å². The molecule has 0 amide bonds. The van der Waals surface area contributed by atoms with Crippen LogP contribution in [-0.2, 0) is 9.57 Å². The number of hydrogen-bond acceptors (Lipinski definition) is 5. The summed E-state index contributed by atoms with van der Waals surface area (Å²) in [6.07, 6.45) is 1.49. The number of carbonyl (C=O) groups is 1. The fourth-order valence-electron chi connectivity index (χ4n) is 1.19. The maximum absolute atomic E-state index is 11.4. The zero-order valence-corrected chi connectivity index (χ0v) is 9.39. The summed E-state index contributed by atoms with van der Waals surface area (Å²) in [6.45, 7) is 0. The highest BCUT2D eigenvalue weighted by atomic mass is 16.6. The number of methoxy groups -OCH3 is 2. The number of rotatable bonds is 4. The summed E-state index contributed by atoms with van der Waals surface area (Å²) in [4.78, 5) is 16.0. The molecule has 0 N–H and O–H groups in total. The van der Waals surface area contributed by atoms with Crippen LogP contribution in [0.15, 0.2) is 23.4 Å². The zero-order chi connectivity index (χ0) is 12.0. The van der Waals surface area contributed by atoms with E-state index in [4.69, 9.17) is 4.74 Å². The second kappa shape index (κ2) is 5.75. The summed E-state index contributed by atoms with van der Waals surface area (Å²) in [6, 6.07) is 5.05. The first-order valence-electron chi connectivity index (χ1n) is 4.55. The number of hydrogen-bond donors (Lipinski definition) is 0. The van der Waals surface area contributed by atoms with Gasteiger partial charge >= 0.3 is 5.97 Å². The molecule has 5 heteroatoms. The monoisotopic (exact) mass is 223 g/mol. The highest BCUT2D eigenvalue weighted by Gasteiger charge is 2.12. The van der Waals surface area contributed by atoms with Crippen molar-refractivity contribution in [3.63, 3.8) is 0 Å². The Hall–Kier alpha value is -2.04.